The fourth-order valence-electron chi connectivity index (χ4n) is 3.75. The van der Waals surface area contributed by atoms with Gasteiger partial charge in [0.2, 0.25) is 0 Å². The second-order valence-corrected chi connectivity index (χ2v) is 17.0. The van der Waals surface area contributed by atoms with Gasteiger partial charge in [-0.05, 0) is 30.2 Å². The number of ether oxygens (including phenoxy) is 2. The first-order chi connectivity index (χ1) is 22.2. The van der Waals surface area contributed by atoms with E-state index in [0.29, 0.717) is 10.0 Å². The highest BCUT2D eigenvalue weighted by Gasteiger charge is 2.40. The first kappa shape index (κ1) is 47.7. The maximum atomic E-state index is 12.8. The van der Waals surface area contributed by atoms with Gasteiger partial charge < -0.3 is 19.7 Å². The van der Waals surface area contributed by atoms with Crippen molar-refractivity contribution < 1.29 is 46.1 Å². The van der Waals surface area contributed by atoms with E-state index in [9.17, 15) is 26.4 Å². The number of rotatable bonds is 10. The molecule has 0 aliphatic carbocycles. The Balaban J connectivity index is 0.000000803. The smallest absolute Gasteiger partial charge is 0.321 e. The number of aliphatic hydroxyl groups is 2. The molecule has 0 saturated carbocycles. The molecule has 0 amide bonds. The van der Waals surface area contributed by atoms with Crippen molar-refractivity contribution in [2.24, 2.45) is 11.8 Å². The SMILES string of the molecule is C.CC(CO)CO.COC(=O)CCS(=O)(=O)Cc1c(Cl)cc(Cl)cc1Cl.COC(=O)CN1CC(C)CN(c2c(Cl)cc(Cl)cc2Cl)S1(=O)=O. The minimum Gasteiger partial charge on any atom is -0.469 e. The molecule has 280 valence electrons. The van der Waals surface area contributed by atoms with Gasteiger partial charge in [0.1, 0.15) is 6.54 Å². The molecule has 2 aromatic carbocycles. The summed E-state index contributed by atoms with van der Waals surface area (Å²) < 4.78 is 60.4. The van der Waals surface area contributed by atoms with Gasteiger partial charge in [-0.2, -0.15) is 12.7 Å². The van der Waals surface area contributed by atoms with E-state index in [4.69, 9.17) is 79.8 Å². The van der Waals surface area contributed by atoms with E-state index in [2.05, 4.69) is 9.47 Å². The summed E-state index contributed by atoms with van der Waals surface area (Å²) in [7, 11) is -5.07. The highest BCUT2D eigenvalue weighted by atomic mass is 35.5. The predicted octanol–water partition coefficient (Wildman–Crippen LogP) is 6.19. The summed E-state index contributed by atoms with van der Waals surface area (Å²) in [6.45, 7) is 3.83. The Labute approximate surface area is 318 Å². The summed E-state index contributed by atoms with van der Waals surface area (Å²) in [5.41, 5.74) is 0.428. The van der Waals surface area contributed by atoms with Gasteiger partial charge in [-0.15, -0.1) is 0 Å². The van der Waals surface area contributed by atoms with Crippen molar-refractivity contribution in [3.63, 3.8) is 0 Å². The zero-order chi connectivity index (χ0) is 37.0. The summed E-state index contributed by atoms with van der Waals surface area (Å²) in [4.78, 5) is 22.4. The van der Waals surface area contributed by atoms with Gasteiger partial charge in [0.25, 0.3) is 0 Å². The van der Waals surface area contributed by atoms with Crippen molar-refractivity contribution >= 4 is 107 Å². The molecule has 1 heterocycles. The van der Waals surface area contributed by atoms with Crippen LogP contribution in [0.3, 0.4) is 0 Å². The normalized spacial score (nSPS) is 15.6. The lowest BCUT2D eigenvalue weighted by atomic mass is 10.1. The third-order valence-corrected chi connectivity index (χ3v) is 11.4. The van der Waals surface area contributed by atoms with Crippen molar-refractivity contribution in [2.75, 3.05) is 57.1 Å². The number of aliphatic hydroxyl groups excluding tert-OH is 2. The average Bonchev–Trinajstić information content (AvgIpc) is 2.99. The Bertz CT molecular complexity index is 1580. The van der Waals surface area contributed by atoms with E-state index in [1.807, 2.05) is 6.92 Å². The minimum atomic E-state index is -3.96. The van der Waals surface area contributed by atoms with Crippen LogP contribution >= 0.6 is 69.6 Å². The molecule has 0 bridgehead atoms. The van der Waals surface area contributed by atoms with Gasteiger partial charge >= 0.3 is 22.1 Å². The Morgan fingerprint density at radius 1 is 0.878 bits per heavy atom. The first-order valence-corrected chi connectivity index (χ1v) is 19.3. The summed E-state index contributed by atoms with van der Waals surface area (Å²) in [5, 5.41) is 17.6. The predicted molar refractivity (Wildman–Crippen MR) is 196 cm³/mol. The zero-order valence-corrected chi connectivity index (χ0v) is 32.4. The largest absolute Gasteiger partial charge is 0.469 e. The number of carbonyl (C=O) groups is 2. The van der Waals surface area contributed by atoms with Crippen molar-refractivity contribution in [1.82, 2.24) is 4.31 Å². The molecule has 2 N–H and O–H groups in total. The molecule has 1 fully saturated rings. The third-order valence-electron chi connectivity index (χ3n) is 6.30. The Kier molecular flexibility index (Phi) is 21.3. The van der Waals surface area contributed by atoms with E-state index in [0.717, 1.165) is 8.61 Å². The standard InChI is InChI=1S/C13H15Cl3N2O4S.C11H11Cl3O4S.C4H10O2.CH4/c1-8-5-17(7-12(19)22-2)23(20,21)18(6-8)13-10(15)3-9(14)4-11(13)16;1-18-11(15)2-3-19(16,17)6-8-9(13)4-7(12)5-10(8)14;1-4(2-5)3-6;/h3-4,8H,5-7H2,1-2H3;4-5H,2-3,6H2,1H3;4-6H,2-3H2,1H3;1H4. The van der Waals surface area contributed by atoms with Gasteiger partial charge in [0.15, 0.2) is 9.84 Å². The highest BCUT2D eigenvalue weighted by Crippen LogP contribution is 2.40. The summed E-state index contributed by atoms with van der Waals surface area (Å²) in [5.74, 6) is -1.89. The zero-order valence-electron chi connectivity index (χ0n) is 26.3. The fourth-order valence-corrected chi connectivity index (χ4v) is 9.21. The molecule has 0 aromatic heterocycles. The first-order valence-electron chi connectivity index (χ1n) is 13.8. The van der Waals surface area contributed by atoms with E-state index >= 15 is 0 Å². The number of esters is 2. The molecule has 1 saturated heterocycles. The number of hydrogen-bond donors (Lipinski definition) is 2. The lowest BCUT2D eigenvalue weighted by molar-refractivity contribution is -0.141. The molecule has 49 heavy (non-hydrogen) atoms. The lowest BCUT2D eigenvalue weighted by Gasteiger charge is -2.39. The number of carbonyl (C=O) groups excluding carboxylic acids is 2. The number of methoxy groups -OCH3 is 2. The van der Waals surface area contributed by atoms with Crippen LogP contribution < -0.4 is 4.31 Å². The van der Waals surface area contributed by atoms with E-state index in [-0.39, 0.29) is 101 Å². The maximum absolute atomic E-state index is 12.8. The van der Waals surface area contributed by atoms with Crippen LogP contribution in [0.25, 0.3) is 0 Å². The number of anilines is 1. The third kappa shape index (κ3) is 15.5. The van der Waals surface area contributed by atoms with Crippen LogP contribution in [-0.2, 0) is 44.9 Å². The Morgan fingerprint density at radius 2 is 1.33 bits per heavy atom. The fraction of sp³-hybridized carbons (Fsp3) is 0.517. The van der Waals surface area contributed by atoms with Gasteiger partial charge in [-0.25, -0.2) is 8.42 Å². The topological polar surface area (TPSA) is 168 Å². The summed E-state index contributed by atoms with van der Waals surface area (Å²) in [6.07, 6.45) is -0.207. The van der Waals surface area contributed by atoms with E-state index < -0.39 is 32.0 Å². The van der Waals surface area contributed by atoms with Gasteiger partial charge in [-0.1, -0.05) is 90.9 Å². The monoisotopic (exact) mass is 850 g/mol. The second kappa shape index (κ2) is 21.9. The van der Waals surface area contributed by atoms with Crippen LogP contribution in [0.1, 0.15) is 33.3 Å². The molecule has 1 aliphatic heterocycles. The van der Waals surface area contributed by atoms with Crippen molar-refractivity contribution in [2.45, 2.75) is 33.4 Å². The van der Waals surface area contributed by atoms with Crippen LogP contribution in [0.5, 0.6) is 0 Å². The minimum absolute atomic E-state index is 0. The number of nitrogens with zero attached hydrogens (tertiary/aromatic N) is 2. The molecule has 2 aromatic rings. The average molecular weight is 853 g/mol. The summed E-state index contributed by atoms with van der Waals surface area (Å²) >= 11 is 35.7. The van der Waals surface area contributed by atoms with Crippen LogP contribution in [0, 0.1) is 11.8 Å². The molecular formula is C29H40Cl6N2O10S2. The number of benzene rings is 2. The molecule has 0 radical (unpaired) electrons. The Hall–Kier alpha value is -1.30. The number of halogens is 6. The summed E-state index contributed by atoms with van der Waals surface area (Å²) in [6, 6.07) is 5.67. The van der Waals surface area contributed by atoms with Gasteiger partial charge in [0.05, 0.1) is 47.9 Å². The molecule has 1 unspecified atom stereocenters. The molecule has 12 nitrogen and oxygen atoms in total. The van der Waals surface area contributed by atoms with Gasteiger partial charge in [0, 0.05) is 57.9 Å². The second-order valence-electron chi connectivity index (χ2n) is 10.5. The van der Waals surface area contributed by atoms with E-state index in [1.54, 1.807) is 6.92 Å². The quantitative estimate of drug-likeness (QED) is 0.263. The molecule has 3 rings (SSSR count). The Morgan fingerprint density at radius 3 is 1.73 bits per heavy atom. The van der Waals surface area contributed by atoms with Crippen LogP contribution in [0.2, 0.25) is 30.1 Å². The highest BCUT2D eigenvalue weighted by molar-refractivity contribution is 7.90. The van der Waals surface area contributed by atoms with Crippen LogP contribution in [0.15, 0.2) is 24.3 Å². The van der Waals surface area contributed by atoms with Crippen molar-refractivity contribution in [1.29, 1.82) is 0 Å². The molecule has 0 spiro atoms. The molecule has 20 heteroatoms. The lowest BCUT2D eigenvalue weighted by Crippen LogP contribution is -2.54. The van der Waals surface area contributed by atoms with Gasteiger partial charge in [-0.3, -0.25) is 13.9 Å². The molecule has 1 atom stereocenters. The van der Waals surface area contributed by atoms with Crippen LogP contribution in [-0.4, -0.2) is 96.1 Å². The molecule has 1 aliphatic rings. The molecular weight excluding hydrogens is 813 g/mol. The maximum Gasteiger partial charge on any atom is 0.321 e. The number of sulfone groups is 1. The number of hydrogen-bond acceptors (Lipinski definition) is 10. The van der Waals surface area contributed by atoms with Crippen molar-refractivity contribution in [3.05, 3.63) is 60.0 Å². The van der Waals surface area contributed by atoms with Crippen molar-refractivity contribution in [3.8, 4) is 0 Å². The van der Waals surface area contributed by atoms with Crippen LogP contribution in [0.4, 0.5) is 5.69 Å². The van der Waals surface area contributed by atoms with E-state index in [1.165, 1.54) is 38.5 Å².